The van der Waals surface area contributed by atoms with Crippen LogP contribution in [0.2, 0.25) is 0 Å². The second kappa shape index (κ2) is 5.85. The van der Waals surface area contributed by atoms with Gasteiger partial charge < -0.3 is 9.47 Å². The lowest BCUT2D eigenvalue weighted by Gasteiger charge is -2.37. The minimum absolute atomic E-state index is 0.147. The summed E-state index contributed by atoms with van der Waals surface area (Å²) in [5.74, 6) is 0. The Bertz CT molecular complexity index is 717. The largest absolute Gasteiger partial charge is 0.444 e. The van der Waals surface area contributed by atoms with Gasteiger partial charge in [-0.3, -0.25) is 10.00 Å². The van der Waals surface area contributed by atoms with Crippen LogP contribution < -0.4 is 0 Å². The van der Waals surface area contributed by atoms with Crippen molar-refractivity contribution in [2.24, 2.45) is 0 Å². The van der Waals surface area contributed by atoms with Gasteiger partial charge in [-0.2, -0.15) is 5.10 Å². The average molecular weight is 317 g/mol. The molecule has 1 atom stereocenters. The number of ether oxygens (including phenoxy) is 2. The molecule has 1 N–H and O–H groups in total. The molecular weight excluding hydrogens is 294 g/mol. The highest BCUT2D eigenvalue weighted by molar-refractivity contribution is 5.80. The van der Waals surface area contributed by atoms with Gasteiger partial charge in [-0.05, 0) is 51.0 Å². The van der Waals surface area contributed by atoms with Crippen molar-refractivity contribution in [2.75, 3.05) is 19.8 Å². The fourth-order valence-corrected chi connectivity index (χ4v) is 2.88. The first-order valence-electron chi connectivity index (χ1n) is 7.86. The summed E-state index contributed by atoms with van der Waals surface area (Å²) in [6, 6.07) is 3.98. The molecule has 2 aromatic rings. The number of carbonyl (C=O) groups excluding carboxylic acids is 1. The summed E-state index contributed by atoms with van der Waals surface area (Å²) in [6.45, 7) is 9.21. The van der Waals surface area contributed by atoms with Crippen LogP contribution in [0.3, 0.4) is 0 Å². The molecule has 1 aliphatic heterocycles. The zero-order valence-corrected chi connectivity index (χ0v) is 14.0. The van der Waals surface area contributed by atoms with Crippen LogP contribution in [0, 0.1) is 6.92 Å². The summed E-state index contributed by atoms with van der Waals surface area (Å²) >= 11 is 0. The van der Waals surface area contributed by atoms with E-state index in [0.717, 1.165) is 22.0 Å². The van der Waals surface area contributed by atoms with Crippen LogP contribution in [0.5, 0.6) is 0 Å². The van der Waals surface area contributed by atoms with Crippen LogP contribution in [-0.4, -0.2) is 46.6 Å². The molecule has 6 nitrogen and oxygen atoms in total. The van der Waals surface area contributed by atoms with E-state index in [-0.39, 0.29) is 12.1 Å². The van der Waals surface area contributed by atoms with E-state index in [2.05, 4.69) is 16.3 Å². The summed E-state index contributed by atoms with van der Waals surface area (Å²) in [7, 11) is 0. The number of aromatic nitrogens is 2. The van der Waals surface area contributed by atoms with Crippen LogP contribution in [0.1, 0.15) is 37.9 Å². The van der Waals surface area contributed by atoms with Gasteiger partial charge in [0.25, 0.3) is 0 Å². The fraction of sp³-hybridized carbons (Fsp3) is 0.529. The van der Waals surface area contributed by atoms with E-state index >= 15 is 0 Å². The first kappa shape index (κ1) is 15.8. The topological polar surface area (TPSA) is 67.5 Å². The molecule has 124 valence electrons. The molecule has 1 aromatic carbocycles. The summed E-state index contributed by atoms with van der Waals surface area (Å²) < 4.78 is 11.2. The number of H-pyrrole nitrogens is 1. The van der Waals surface area contributed by atoms with Crippen molar-refractivity contribution in [1.82, 2.24) is 15.1 Å². The lowest BCUT2D eigenvalue weighted by molar-refractivity contribution is -0.0332. The van der Waals surface area contributed by atoms with Crippen LogP contribution in [-0.2, 0) is 9.47 Å². The molecule has 2 heterocycles. The van der Waals surface area contributed by atoms with Crippen molar-refractivity contribution in [1.29, 1.82) is 0 Å². The van der Waals surface area contributed by atoms with E-state index < -0.39 is 5.60 Å². The van der Waals surface area contributed by atoms with Crippen molar-refractivity contribution >= 4 is 17.0 Å². The molecule has 0 aliphatic carbocycles. The number of aryl methyl sites for hydroxylation is 1. The molecule has 6 heteroatoms. The third kappa shape index (κ3) is 3.32. The zero-order chi connectivity index (χ0) is 16.6. The Hall–Kier alpha value is -2.08. The number of nitrogens with one attached hydrogen (secondary N) is 1. The van der Waals surface area contributed by atoms with Gasteiger partial charge in [0.15, 0.2) is 0 Å². The number of nitrogens with zero attached hydrogens (tertiary/aromatic N) is 2. The van der Waals surface area contributed by atoms with Gasteiger partial charge >= 0.3 is 6.09 Å². The molecule has 1 aromatic heterocycles. The number of morpholine rings is 1. The van der Waals surface area contributed by atoms with Gasteiger partial charge in [0.05, 0.1) is 31.0 Å². The van der Waals surface area contributed by atoms with Crippen LogP contribution in [0.25, 0.3) is 10.9 Å². The number of hydrogen-bond acceptors (Lipinski definition) is 4. The predicted molar refractivity (Wildman–Crippen MR) is 87.3 cm³/mol. The molecule has 1 fully saturated rings. The summed E-state index contributed by atoms with van der Waals surface area (Å²) in [4.78, 5) is 14.3. The van der Waals surface area contributed by atoms with Crippen LogP contribution >= 0.6 is 0 Å². The predicted octanol–water partition coefficient (Wildman–Crippen LogP) is 3.18. The van der Waals surface area contributed by atoms with Gasteiger partial charge in [0.1, 0.15) is 5.60 Å². The highest BCUT2D eigenvalue weighted by atomic mass is 16.6. The summed E-state index contributed by atoms with van der Waals surface area (Å²) in [5, 5.41) is 8.11. The summed E-state index contributed by atoms with van der Waals surface area (Å²) in [5.41, 5.74) is 2.62. The molecule has 1 aliphatic rings. The first-order valence-corrected chi connectivity index (χ1v) is 7.86. The van der Waals surface area contributed by atoms with E-state index in [4.69, 9.17) is 9.47 Å². The monoisotopic (exact) mass is 317 g/mol. The minimum atomic E-state index is -0.512. The Kier molecular flexibility index (Phi) is 4.02. The van der Waals surface area contributed by atoms with E-state index in [0.29, 0.717) is 19.8 Å². The van der Waals surface area contributed by atoms with Crippen molar-refractivity contribution < 1.29 is 14.3 Å². The molecule has 0 spiro atoms. The van der Waals surface area contributed by atoms with E-state index in [1.54, 1.807) is 11.1 Å². The second-order valence-corrected chi connectivity index (χ2v) is 6.93. The maximum Gasteiger partial charge on any atom is 0.410 e. The molecule has 0 saturated carbocycles. The lowest BCUT2D eigenvalue weighted by atomic mass is 9.98. The zero-order valence-electron chi connectivity index (χ0n) is 14.0. The quantitative estimate of drug-likeness (QED) is 0.877. The smallest absolute Gasteiger partial charge is 0.410 e. The molecule has 1 saturated heterocycles. The number of benzene rings is 1. The Morgan fingerprint density at radius 1 is 1.43 bits per heavy atom. The normalized spacial score (nSPS) is 19.1. The van der Waals surface area contributed by atoms with Crippen molar-refractivity contribution in [3.63, 3.8) is 0 Å². The maximum atomic E-state index is 12.6. The van der Waals surface area contributed by atoms with E-state index in [1.807, 2.05) is 33.8 Å². The SMILES string of the molecule is Cc1cc2cn[nH]c2cc1C1COCCN1C(=O)OC(C)(C)C. The molecule has 1 amide bonds. The molecule has 3 rings (SSSR count). The second-order valence-electron chi connectivity index (χ2n) is 6.93. The molecule has 0 bridgehead atoms. The number of aromatic amines is 1. The molecule has 23 heavy (non-hydrogen) atoms. The molecular formula is C17H23N3O3. The van der Waals surface area contributed by atoms with E-state index in [9.17, 15) is 4.79 Å². The van der Waals surface area contributed by atoms with Crippen LogP contribution in [0.4, 0.5) is 4.79 Å². The van der Waals surface area contributed by atoms with Crippen molar-refractivity contribution in [3.05, 3.63) is 29.5 Å². The highest BCUT2D eigenvalue weighted by Crippen LogP contribution is 2.30. The maximum absolute atomic E-state index is 12.6. The first-order chi connectivity index (χ1) is 10.8. The number of carbonyl (C=O) groups is 1. The highest BCUT2D eigenvalue weighted by Gasteiger charge is 2.33. The third-order valence-corrected chi connectivity index (χ3v) is 3.94. The molecule has 0 radical (unpaired) electrons. The Labute approximate surface area is 135 Å². The van der Waals surface area contributed by atoms with Gasteiger partial charge in [-0.25, -0.2) is 4.79 Å². The molecule has 1 unspecified atom stereocenters. The lowest BCUT2D eigenvalue weighted by Crippen LogP contribution is -2.45. The Morgan fingerprint density at radius 2 is 2.22 bits per heavy atom. The van der Waals surface area contributed by atoms with Gasteiger partial charge in [0, 0.05) is 11.9 Å². The third-order valence-electron chi connectivity index (χ3n) is 3.94. The van der Waals surface area contributed by atoms with Crippen molar-refractivity contribution in [2.45, 2.75) is 39.3 Å². The van der Waals surface area contributed by atoms with Gasteiger partial charge in [0.2, 0.25) is 0 Å². The fourth-order valence-electron chi connectivity index (χ4n) is 2.88. The van der Waals surface area contributed by atoms with Crippen LogP contribution in [0.15, 0.2) is 18.3 Å². The Balaban J connectivity index is 1.93. The van der Waals surface area contributed by atoms with Crippen molar-refractivity contribution in [3.8, 4) is 0 Å². The standard InChI is InChI=1S/C17H23N3O3/c1-11-7-12-9-18-19-14(12)8-13(11)15-10-22-6-5-20(15)16(21)23-17(2,3)4/h7-9,15H,5-6,10H2,1-4H3,(H,18,19). The number of amides is 1. The number of rotatable bonds is 1. The van der Waals surface area contributed by atoms with E-state index in [1.165, 1.54) is 0 Å². The minimum Gasteiger partial charge on any atom is -0.444 e. The van der Waals surface area contributed by atoms with Gasteiger partial charge in [-0.15, -0.1) is 0 Å². The average Bonchev–Trinajstić information content (AvgIpc) is 2.91. The number of fused-ring (bicyclic) bond motifs is 1. The Morgan fingerprint density at radius 3 is 2.96 bits per heavy atom. The summed E-state index contributed by atoms with van der Waals surface area (Å²) in [6.07, 6.45) is 1.50. The number of hydrogen-bond donors (Lipinski definition) is 1. The van der Waals surface area contributed by atoms with Gasteiger partial charge in [-0.1, -0.05) is 0 Å².